The van der Waals surface area contributed by atoms with E-state index in [1.807, 2.05) is 24.3 Å². The zero-order valence-corrected chi connectivity index (χ0v) is 15.9. The zero-order valence-electron chi connectivity index (χ0n) is 15.1. The highest BCUT2D eigenvalue weighted by Gasteiger charge is 2.10. The Balaban J connectivity index is 0.000000221. The molecule has 0 radical (unpaired) electrons. The summed E-state index contributed by atoms with van der Waals surface area (Å²) in [5.74, 6) is 0. The molecule has 2 N–H and O–H groups in total. The van der Waals surface area contributed by atoms with Crippen LogP contribution in [0.1, 0.15) is 6.42 Å². The molecule has 144 valence electrons. The minimum atomic E-state index is -0.0578. The van der Waals surface area contributed by atoms with Gasteiger partial charge in [0.2, 0.25) is 0 Å². The van der Waals surface area contributed by atoms with Crippen molar-refractivity contribution in [3.8, 4) is 0 Å². The maximum atomic E-state index is 12.0. The Hall–Kier alpha value is -2.35. The third kappa shape index (κ3) is 5.56. The second-order valence-electron chi connectivity index (χ2n) is 6.30. The molecular weight excluding hydrogens is 366 g/mol. The van der Waals surface area contributed by atoms with E-state index in [4.69, 9.17) is 22.1 Å². The molecule has 1 fully saturated rings. The number of hydrogen-bond acceptors (Lipinski definition) is 5. The van der Waals surface area contributed by atoms with E-state index < -0.39 is 0 Å². The summed E-state index contributed by atoms with van der Waals surface area (Å²) in [7, 11) is 0. The monoisotopic (exact) mass is 389 g/mol. The Morgan fingerprint density at radius 1 is 1.11 bits per heavy atom. The highest BCUT2D eigenvalue weighted by molar-refractivity contribution is 6.30. The number of aromatic nitrogens is 3. The summed E-state index contributed by atoms with van der Waals surface area (Å²) in [5.41, 5.74) is 6.73. The molecule has 0 saturated carbocycles. The predicted molar refractivity (Wildman–Crippen MR) is 107 cm³/mol. The van der Waals surface area contributed by atoms with Gasteiger partial charge in [0.15, 0.2) is 5.65 Å². The number of morpholine rings is 1. The number of anilines is 1. The van der Waals surface area contributed by atoms with Crippen molar-refractivity contribution in [2.24, 2.45) is 0 Å². The van der Waals surface area contributed by atoms with Gasteiger partial charge in [-0.3, -0.25) is 9.30 Å². The fourth-order valence-corrected chi connectivity index (χ4v) is 3.09. The Labute approximate surface area is 162 Å². The van der Waals surface area contributed by atoms with Crippen LogP contribution in [-0.2, 0) is 11.3 Å². The lowest BCUT2D eigenvalue weighted by Gasteiger charge is -2.26. The van der Waals surface area contributed by atoms with Gasteiger partial charge in [-0.2, -0.15) is 0 Å². The molecule has 1 saturated heterocycles. The van der Waals surface area contributed by atoms with Crippen LogP contribution in [0.15, 0.2) is 53.5 Å². The lowest BCUT2D eigenvalue weighted by molar-refractivity contribution is 0.0368. The van der Waals surface area contributed by atoms with Crippen LogP contribution in [0.5, 0.6) is 0 Å². The van der Waals surface area contributed by atoms with Crippen molar-refractivity contribution in [2.45, 2.75) is 13.0 Å². The number of fused-ring (bicyclic) bond motifs is 1. The van der Waals surface area contributed by atoms with Crippen molar-refractivity contribution < 1.29 is 4.74 Å². The van der Waals surface area contributed by atoms with Gasteiger partial charge in [0.05, 0.1) is 13.2 Å². The van der Waals surface area contributed by atoms with E-state index in [2.05, 4.69) is 10.00 Å². The summed E-state index contributed by atoms with van der Waals surface area (Å²) in [4.78, 5) is 14.4. The largest absolute Gasteiger partial charge is 0.399 e. The quantitative estimate of drug-likeness (QED) is 0.692. The van der Waals surface area contributed by atoms with Crippen LogP contribution in [0.2, 0.25) is 5.02 Å². The van der Waals surface area contributed by atoms with Crippen molar-refractivity contribution in [3.05, 3.63) is 64.2 Å². The van der Waals surface area contributed by atoms with E-state index in [-0.39, 0.29) is 5.69 Å². The van der Waals surface area contributed by atoms with Gasteiger partial charge in [0, 0.05) is 43.1 Å². The average molecular weight is 390 g/mol. The number of rotatable bonds is 4. The van der Waals surface area contributed by atoms with Gasteiger partial charge in [-0.1, -0.05) is 23.7 Å². The second kappa shape index (κ2) is 9.55. The molecule has 0 aliphatic carbocycles. The maximum Gasteiger partial charge on any atom is 0.350 e. The molecule has 1 aliphatic heterocycles. The lowest BCUT2D eigenvalue weighted by atomic mass is 10.3. The van der Waals surface area contributed by atoms with E-state index >= 15 is 0 Å². The molecule has 2 aromatic heterocycles. The van der Waals surface area contributed by atoms with Crippen LogP contribution >= 0.6 is 11.6 Å². The Kier molecular flexibility index (Phi) is 6.86. The molecule has 0 atom stereocenters. The van der Waals surface area contributed by atoms with Gasteiger partial charge in [-0.05, 0) is 36.8 Å². The standard InChI is InChI=1S/C13H18N4O2.C6H6ClN/c18-13-16-6-2-1-4-12(16)14-17(13)7-3-5-15-8-10-19-11-9-15;7-5-2-1-3-6(8)4-5/h1-2,4,6H,3,5,7-11H2;1-4H,8H2. The first kappa shape index (κ1) is 19.4. The number of nitrogens with zero attached hydrogens (tertiary/aromatic N) is 4. The van der Waals surface area contributed by atoms with Crippen LogP contribution in [0.25, 0.3) is 5.65 Å². The van der Waals surface area contributed by atoms with Crippen LogP contribution in [-0.4, -0.2) is 51.9 Å². The molecule has 8 heteroatoms. The molecule has 0 amide bonds. The third-order valence-corrected chi connectivity index (χ3v) is 4.52. The summed E-state index contributed by atoms with van der Waals surface area (Å²) in [6.45, 7) is 5.25. The SMILES string of the molecule is Nc1cccc(Cl)c1.O=c1n(CCCN2CCOCC2)nc2ccccn12. The number of benzene rings is 1. The molecule has 4 rings (SSSR count). The van der Waals surface area contributed by atoms with Crippen molar-refractivity contribution >= 4 is 22.9 Å². The highest BCUT2D eigenvalue weighted by Crippen LogP contribution is 2.10. The number of aryl methyl sites for hydroxylation is 1. The van der Waals surface area contributed by atoms with Gasteiger partial charge in [-0.15, -0.1) is 5.10 Å². The molecule has 7 nitrogen and oxygen atoms in total. The van der Waals surface area contributed by atoms with Gasteiger partial charge in [-0.25, -0.2) is 9.48 Å². The molecule has 3 aromatic rings. The molecule has 1 aromatic carbocycles. The van der Waals surface area contributed by atoms with E-state index in [1.165, 1.54) is 0 Å². The van der Waals surface area contributed by atoms with Gasteiger partial charge >= 0.3 is 5.69 Å². The van der Waals surface area contributed by atoms with Gasteiger partial charge in [0.25, 0.3) is 0 Å². The molecule has 0 bridgehead atoms. The highest BCUT2D eigenvalue weighted by atomic mass is 35.5. The zero-order chi connectivity index (χ0) is 19.1. The van der Waals surface area contributed by atoms with Crippen molar-refractivity contribution in [2.75, 3.05) is 38.6 Å². The molecule has 1 aliphatic rings. The Bertz CT molecular complexity index is 900. The van der Waals surface area contributed by atoms with E-state index in [0.717, 1.165) is 39.3 Å². The normalized spacial score (nSPS) is 14.7. The third-order valence-electron chi connectivity index (χ3n) is 4.29. The average Bonchev–Trinajstić information content (AvgIpc) is 2.99. The summed E-state index contributed by atoms with van der Waals surface area (Å²) in [6, 6.07) is 12.7. The van der Waals surface area contributed by atoms with Crippen LogP contribution < -0.4 is 11.4 Å². The van der Waals surface area contributed by atoms with Gasteiger partial charge in [0.1, 0.15) is 0 Å². The minimum absolute atomic E-state index is 0.0578. The van der Waals surface area contributed by atoms with Crippen LogP contribution in [0.3, 0.4) is 0 Å². The summed E-state index contributed by atoms with van der Waals surface area (Å²) in [5, 5.41) is 5.00. The number of nitrogens with two attached hydrogens (primary N) is 1. The van der Waals surface area contributed by atoms with E-state index in [1.54, 1.807) is 33.5 Å². The van der Waals surface area contributed by atoms with Crippen molar-refractivity contribution in [1.82, 2.24) is 19.1 Å². The van der Waals surface area contributed by atoms with E-state index in [0.29, 0.717) is 22.9 Å². The first-order chi connectivity index (χ1) is 13.1. The second-order valence-corrected chi connectivity index (χ2v) is 6.73. The van der Waals surface area contributed by atoms with Crippen molar-refractivity contribution in [3.63, 3.8) is 0 Å². The summed E-state index contributed by atoms with van der Waals surface area (Å²) in [6.07, 6.45) is 2.69. The number of pyridine rings is 1. The smallest absolute Gasteiger partial charge is 0.350 e. The lowest BCUT2D eigenvalue weighted by Crippen LogP contribution is -2.37. The minimum Gasteiger partial charge on any atom is -0.399 e. The molecule has 27 heavy (non-hydrogen) atoms. The molecular formula is C19H24ClN5O2. The first-order valence-electron chi connectivity index (χ1n) is 8.99. The maximum absolute atomic E-state index is 12.0. The van der Waals surface area contributed by atoms with Crippen molar-refractivity contribution in [1.29, 1.82) is 0 Å². The number of hydrogen-bond donors (Lipinski definition) is 1. The first-order valence-corrected chi connectivity index (χ1v) is 9.36. The molecule has 0 spiro atoms. The predicted octanol–water partition coefficient (Wildman–Crippen LogP) is 2.14. The molecule has 0 unspecified atom stereocenters. The number of ether oxygens (including phenoxy) is 1. The summed E-state index contributed by atoms with van der Waals surface area (Å²) < 4.78 is 8.44. The van der Waals surface area contributed by atoms with Crippen LogP contribution in [0.4, 0.5) is 5.69 Å². The fraction of sp³-hybridized carbons (Fsp3) is 0.368. The number of halogens is 1. The molecule has 3 heterocycles. The summed E-state index contributed by atoms with van der Waals surface area (Å²) >= 11 is 5.56. The Morgan fingerprint density at radius 3 is 2.59 bits per heavy atom. The number of nitrogen functional groups attached to an aromatic ring is 1. The van der Waals surface area contributed by atoms with E-state index in [9.17, 15) is 4.79 Å². The topological polar surface area (TPSA) is 77.8 Å². The van der Waals surface area contributed by atoms with Gasteiger partial charge < -0.3 is 10.5 Å². The Morgan fingerprint density at radius 2 is 1.93 bits per heavy atom. The fourth-order valence-electron chi connectivity index (χ4n) is 2.89. The van der Waals surface area contributed by atoms with Crippen LogP contribution in [0, 0.1) is 0 Å².